The average molecular weight is 274 g/mol. The Morgan fingerprint density at radius 3 is 2.85 bits per heavy atom. The first-order valence-corrected chi connectivity index (χ1v) is 7.38. The second-order valence-corrected chi connectivity index (χ2v) is 5.96. The summed E-state index contributed by atoms with van der Waals surface area (Å²) in [5.74, 6) is 0.0607. The Kier molecular flexibility index (Phi) is 3.52. The molecule has 4 heteroatoms. The zero-order valence-electron chi connectivity index (χ0n) is 12.0. The minimum atomic E-state index is -0.752. The predicted molar refractivity (Wildman–Crippen MR) is 78.8 cm³/mol. The highest BCUT2D eigenvalue weighted by Crippen LogP contribution is 2.31. The highest BCUT2D eigenvalue weighted by molar-refractivity contribution is 6.01. The molecule has 2 heterocycles. The van der Waals surface area contributed by atoms with Crippen LogP contribution < -0.4 is 10.6 Å². The van der Waals surface area contributed by atoms with Crippen LogP contribution in [0.4, 0.5) is 5.69 Å². The van der Waals surface area contributed by atoms with Gasteiger partial charge in [-0.15, -0.1) is 0 Å². The SMILES string of the molecule is Cc1ccc2c(c1)CCCN2C(=O)C1(N)CCOCC1. The Morgan fingerprint density at radius 2 is 2.10 bits per heavy atom. The van der Waals surface area contributed by atoms with E-state index in [0.717, 1.165) is 25.1 Å². The molecule has 2 aliphatic heterocycles. The molecule has 0 saturated carbocycles. The van der Waals surface area contributed by atoms with Crippen LogP contribution in [-0.4, -0.2) is 31.2 Å². The molecule has 20 heavy (non-hydrogen) atoms. The van der Waals surface area contributed by atoms with Gasteiger partial charge in [-0.3, -0.25) is 4.79 Å². The third kappa shape index (κ3) is 2.34. The molecular formula is C16H22N2O2. The molecule has 2 N–H and O–H groups in total. The van der Waals surface area contributed by atoms with Crippen molar-refractivity contribution >= 4 is 11.6 Å². The van der Waals surface area contributed by atoms with E-state index in [1.54, 1.807) is 0 Å². The lowest BCUT2D eigenvalue weighted by Crippen LogP contribution is -2.59. The number of nitrogens with two attached hydrogens (primary N) is 1. The third-order valence-electron chi connectivity index (χ3n) is 4.41. The number of hydrogen-bond donors (Lipinski definition) is 1. The van der Waals surface area contributed by atoms with Crippen molar-refractivity contribution in [2.75, 3.05) is 24.7 Å². The smallest absolute Gasteiger partial charge is 0.247 e. The van der Waals surface area contributed by atoms with Crippen molar-refractivity contribution in [3.63, 3.8) is 0 Å². The van der Waals surface area contributed by atoms with Gasteiger partial charge in [0.1, 0.15) is 5.54 Å². The van der Waals surface area contributed by atoms with Crippen molar-refractivity contribution in [3.05, 3.63) is 29.3 Å². The van der Waals surface area contributed by atoms with Crippen LogP contribution >= 0.6 is 0 Å². The fourth-order valence-electron chi connectivity index (χ4n) is 3.16. The van der Waals surface area contributed by atoms with Gasteiger partial charge in [0.05, 0.1) is 0 Å². The minimum absolute atomic E-state index is 0.0607. The summed E-state index contributed by atoms with van der Waals surface area (Å²) in [6.45, 7) is 4.02. The number of amides is 1. The van der Waals surface area contributed by atoms with Crippen molar-refractivity contribution < 1.29 is 9.53 Å². The van der Waals surface area contributed by atoms with Gasteiger partial charge in [0.25, 0.3) is 0 Å². The van der Waals surface area contributed by atoms with Gasteiger partial charge in [0.15, 0.2) is 0 Å². The van der Waals surface area contributed by atoms with Crippen LogP contribution in [0.15, 0.2) is 18.2 Å². The van der Waals surface area contributed by atoms with Crippen molar-refractivity contribution in [2.45, 2.75) is 38.1 Å². The number of anilines is 1. The van der Waals surface area contributed by atoms with E-state index in [1.807, 2.05) is 4.90 Å². The number of carbonyl (C=O) groups excluding carboxylic acids is 1. The van der Waals surface area contributed by atoms with E-state index >= 15 is 0 Å². The molecule has 1 fully saturated rings. The molecule has 0 aliphatic carbocycles. The molecule has 1 amide bonds. The fraction of sp³-hybridized carbons (Fsp3) is 0.562. The van der Waals surface area contributed by atoms with Gasteiger partial charge >= 0.3 is 0 Å². The topological polar surface area (TPSA) is 55.6 Å². The molecule has 0 aromatic heterocycles. The van der Waals surface area contributed by atoms with Crippen LogP contribution in [0.2, 0.25) is 0 Å². The molecular weight excluding hydrogens is 252 g/mol. The summed E-state index contributed by atoms with van der Waals surface area (Å²) in [4.78, 5) is 14.8. The van der Waals surface area contributed by atoms with Gasteiger partial charge in [-0.25, -0.2) is 0 Å². The van der Waals surface area contributed by atoms with E-state index in [0.29, 0.717) is 26.1 Å². The number of nitrogens with zero attached hydrogens (tertiary/aromatic N) is 1. The van der Waals surface area contributed by atoms with Crippen molar-refractivity contribution in [1.82, 2.24) is 0 Å². The number of aryl methyl sites for hydroxylation is 2. The van der Waals surface area contributed by atoms with Crippen molar-refractivity contribution in [3.8, 4) is 0 Å². The van der Waals surface area contributed by atoms with Crippen molar-refractivity contribution in [2.24, 2.45) is 5.73 Å². The van der Waals surface area contributed by atoms with Gasteiger partial charge in [-0.1, -0.05) is 17.7 Å². The van der Waals surface area contributed by atoms with Crippen LogP contribution in [0.1, 0.15) is 30.4 Å². The summed E-state index contributed by atoms with van der Waals surface area (Å²) in [6, 6.07) is 6.31. The molecule has 1 aromatic rings. The first kappa shape index (κ1) is 13.6. The largest absolute Gasteiger partial charge is 0.381 e. The maximum Gasteiger partial charge on any atom is 0.247 e. The highest BCUT2D eigenvalue weighted by Gasteiger charge is 2.40. The van der Waals surface area contributed by atoms with E-state index in [2.05, 4.69) is 25.1 Å². The molecule has 0 atom stereocenters. The molecule has 0 radical (unpaired) electrons. The molecule has 3 rings (SSSR count). The lowest BCUT2D eigenvalue weighted by atomic mass is 9.88. The van der Waals surface area contributed by atoms with Crippen LogP contribution in [0, 0.1) is 6.92 Å². The van der Waals surface area contributed by atoms with E-state index in [4.69, 9.17) is 10.5 Å². The number of ether oxygens (including phenoxy) is 1. The lowest BCUT2D eigenvalue weighted by molar-refractivity contribution is -0.127. The Balaban J connectivity index is 1.90. The molecule has 2 aliphatic rings. The van der Waals surface area contributed by atoms with Crippen LogP contribution in [0.3, 0.4) is 0 Å². The highest BCUT2D eigenvalue weighted by atomic mass is 16.5. The van der Waals surface area contributed by atoms with E-state index < -0.39 is 5.54 Å². The quantitative estimate of drug-likeness (QED) is 0.849. The third-order valence-corrected chi connectivity index (χ3v) is 4.41. The summed E-state index contributed by atoms with van der Waals surface area (Å²) in [5, 5.41) is 0. The maximum atomic E-state index is 12.9. The van der Waals surface area contributed by atoms with Crippen LogP contribution in [0.5, 0.6) is 0 Å². The number of carbonyl (C=O) groups is 1. The molecule has 108 valence electrons. The Morgan fingerprint density at radius 1 is 1.35 bits per heavy atom. The lowest BCUT2D eigenvalue weighted by Gasteiger charge is -2.39. The predicted octanol–water partition coefficient (Wildman–Crippen LogP) is 1.78. The zero-order chi connectivity index (χ0) is 14.2. The zero-order valence-corrected chi connectivity index (χ0v) is 12.0. The molecule has 0 bridgehead atoms. The summed E-state index contributed by atoms with van der Waals surface area (Å²) < 4.78 is 5.34. The second kappa shape index (κ2) is 5.19. The summed E-state index contributed by atoms with van der Waals surface area (Å²) in [5.41, 5.74) is 9.15. The van der Waals surface area contributed by atoms with Gasteiger partial charge in [0.2, 0.25) is 5.91 Å². The Labute approximate surface area is 119 Å². The van der Waals surface area contributed by atoms with E-state index in [-0.39, 0.29) is 5.91 Å². The Bertz CT molecular complexity index is 521. The number of rotatable bonds is 1. The number of fused-ring (bicyclic) bond motifs is 1. The van der Waals surface area contributed by atoms with Crippen molar-refractivity contribution in [1.29, 1.82) is 0 Å². The van der Waals surface area contributed by atoms with Crippen LogP contribution in [-0.2, 0) is 16.0 Å². The summed E-state index contributed by atoms with van der Waals surface area (Å²) >= 11 is 0. The molecule has 0 unspecified atom stereocenters. The summed E-state index contributed by atoms with van der Waals surface area (Å²) in [7, 11) is 0. The first-order chi connectivity index (χ1) is 9.60. The van der Waals surface area contributed by atoms with Gasteiger partial charge in [-0.05, 0) is 44.2 Å². The van der Waals surface area contributed by atoms with Gasteiger partial charge in [0, 0.05) is 25.4 Å². The molecule has 1 aromatic carbocycles. The van der Waals surface area contributed by atoms with E-state index in [1.165, 1.54) is 11.1 Å². The Hall–Kier alpha value is -1.39. The molecule has 1 saturated heterocycles. The van der Waals surface area contributed by atoms with Gasteiger partial charge in [-0.2, -0.15) is 0 Å². The minimum Gasteiger partial charge on any atom is -0.381 e. The molecule has 4 nitrogen and oxygen atoms in total. The van der Waals surface area contributed by atoms with E-state index in [9.17, 15) is 4.79 Å². The summed E-state index contributed by atoms with van der Waals surface area (Å²) in [6.07, 6.45) is 3.28. The maximum absolute atomic E-state index is 12.9. The van der Waals surface area contributed by atoms with Gasteiger partial charge < -0.3 is 15.4 Å². The molecule has 0 spiro atoms. The second-order valence-electron chi connectivity index (χ2n) is 5.96. The first-order valence-electron chi connectivity index (χ1n) is 7.38. The average Bonchev–Trinajstić information content (AvgIpc) is 2.46. The van der Waals surface area contributed by atoms with Crippen LogP contribution in [0.25, 0.3) is 0 Å². The number of benzene rings is 1. The standard InChI is InChI=1S/C16H22N2O2/c1-12-4-5-14-13(11-12)3-2-8-18(14)15(19)16(17)6-9-20-10-7-16/h4-5,11H,2-3,6-10,17H2,1H3. The number of hydrogen-bond acceptors (Lipinski definition) is 3. The normalized spacial score (nSPS) is 21.4. The monoisotopic (exact) mass is 274 g/mol. The fourth-order valence-corrected chi connectivity index (χ4v) is 3.16.